The lowest BCUT2D eigenvalue weighted by Crippen LogP contribution is -2.22. The number of benzene rings is 4. The van der Waals surface area contributed by atoms with E-state index < -0.39 is 14.8 Å². The van der Waals surface area contributed by atoms with Crippen LogP contribution in [0.15, 0.2) is 97.1 Å². The largest absolute Gasteiger partial charge is 0.341 e. The topological polar surface area (TPSA) is 0 Å². The van der Waals surface area contributed by atoms with E-state index >= 15 is 0 Å². The van der Waals surface area contributed by atoms with Gasteiger partial charge < -0.3 is 0 Å². The highest BCUT2D eigenvalue weighted by molar-refractivity contribution is 7.64. The van der Waals surface area contributed by atoms with Gasteiger partial charge in [-0.2, -0.15) is 0 Å². The lowest BCUT2D eigenvalue weighted by molar-refractivity contribution is 0.884. The summed E-state index contributed by atoms with van der Waals surface area (Å²) < 4.78 is 0. The molecule has 1 radical (unpaired) electrons. The van der Waals surface area contributed by atoms with Crippen LogP contribution < -0.4 is 0 Å². The van der Waals surface area contributed by atoms with Gasteiger partial charge in [-0.1, -0.05) is 103 Å². The third kappa shape index (κ3) is 4.56. The lowest BCUT2D eigenvalue weighted by Gasteiger charge is -2.25. The predicted molar refractivity (Wildman–Crippen MR) is 156 cm³/mol. The highest BCUT2D eigenvalue weighted by Crippen LogP contribution is 2.51. The second-order valence-electron chi connectivity index (χ2n) is 9.73. The first-order valence-corrected chi connectivity index (χ1v) is 19.6. The Labute approximate surface area is 224 Å². The molecule has 0 aliphatic heterocycles. The van der Waals surface area contributed by atoms with E-state index in [-0.39, 0.29) is 0 Å². The minimum Gasteiger partial charge on any atom is -0.126 e. The van der Waals surface area contributed by atoms with Crippen molar-refractivity contribution in [2.24, 2.45) is 0 Å². The van der Waals surface area contributed by atoms with Crippen LogP contribution in [0.25, 0.3) is 22.3 Å². The molecule has 0 amide bonds. The van der Waals surface area contributed by atoms with Crippen molar-refractivity contribution in [2.45, 2.75) is 36.0 Å². The molecule has 0 unspecified atom stereocenters. The molecule has 175 valence electrons. The van der Waals surface area contributed by atoms with Crippen LogP contribution in [0, 0.1) is 0 Å². The van der Waals surface area contributed by atoms with Crippen LogP contribution in [0.5, 0.6) is 0 Å². The monoisotopic (exact) mass is 547 g/mol. The first-order chi connectivity index (χ1) is 17.0. The molecule has 2 aliphatic carbocycles. The van der Waals surface area contributed by atoms with E-state index in [2.05, 4.69) is 97.1 Å². The smallest absolute Gasteiger partial charge is 0.126 e. The van der Waals surface area contributed by atoms with Crippen LogP contribution in [-0.2, 0) is 0 Å². The Bertz CT molecular complexity index is 1190. The maximum Gasteiger partial charge on any atom is 0.341 e. The summed E-state index contributed by atoms with van der Waals surface area (Å²) in [5, 5.41) is 0. The fourth-order valence-corrected chi connectivity index (χ4v) is 13.9. The Morgan fingerprint density at radius 1 is 0.514 bits per heavy atom. The molecular weight excluding hydrogens is 523 g/mol. The Balaban J connectivity index is 1.36. The van der Waals surface area contributed by atoms with Gasteiger partial charge in [0.1, 0.15) is 0 Å². The molecule has 0 saturated carbocycles. The number of rotatable bonds is 7. The maximum atomic E-state index is 6.42. The molecule has 0 saturated heterocycles. The van der Waals surface area contributed by atoms with Gasteiger partial charge in [-0.05, 0) is 62.6 Å². The van der Waals surface area contributed by atoms with Crippen LogP contribution in [0.2, 0.25) is 24.2 Å². The second-order valence-corrected chi connectivity index (χ2v) is 21.8. The molecule has 0 heterocycles. The fraction of sp³-hybridized carbons (Fsp3) is 0.200. The first-order valence-electron chi connectivity index (χ1n) is 12.3. The van der Waals surface area contributed by atoms with Crippen molar-refractivity contribution in [3.63, 3.8) is 0 Å². The van der Waals surface area contributed by atoms with E-state index in [0.29, 0.717) is 11.8 Å². The molecule has 0 spiro atoms. The van der Waals surface area contributed by atoms with Crippen LogP contribution in [-0.4, -0.2) is 14.8 Å². The SMILES string of the molecule is Cl[Si](Cl)(Cl)CC[Si](CC1c2ccccc2-c2ccccc21)CC1c2ccccc2-c2ccccc21. The quantitative estimate of drug-likeness (QED) is 0.159. The van der Waals surface area contributed by atoms with Crippen molar-refractivity contribution in [3.8, 4) is 22.3 Å². The van der Waals surface area contributed by atoms with E-state index in [4.69, 9.17) is 33.2 Å². The zero-order chi connectivity index (χ0) is 24.0. The van der Waals surface area contributed by atoms with Gasteiger partial charge in [-0.15, -0.1) is 33.2 Å². The van der Waals surface area contributed by atoms with Gasteiger partial charge in [0.15, 0.2) is 0 Å². The highest BCUT2D eigenvalue weighted by Gasteiger charge is 2.36. The summed E-state index contributed by atoms with van der Waals surface area (Å²) >= 11 is 19.3. The lowest BCUT2D eigenvalue weighted by atomic mass is 9.99. The third-order valence-corrected chi connectivity index (χ3v) is 13.6. The number of hydrogen-bond acceptors (Lipinski definition) is 0. The second kappa shape index (κ2) is 9.57. The first kappa shape index (κ1) is 23.6. The average Bonchev–Trinajstić information content (AvgIpc) is 3.36. The van der Waals surface area contributed by atoms with E-state index in [1.807, 2.05) is 0 Å². The zero-order valence-electron chi connectivity index (χ0n) is 19.4. The summed E-state index contributed by atoms with van der Waals surface area (Å²) in [7, 11) is -0.829. The molecule has 0 aromatic heterocycles. The van der Waals surface area contributed by atoms with Crippen LogP contribution in [0.3, 0.4) is 0 Å². The Hall–Kier alpha value is -1.82. The summed E-state index contributed by atoms with van der Waals surface area (Å²) in [6.45, 7) is 0. The van der Waals surface area contributed by atoms with E-state index in [9.17, 15) is 0 Å². The third-order valence-electron chi connectivity index (χ3n) is 7.67. The Kier molecular flexibility index (Phi) is 6.45. The predicted octanol–water partition coefficient (Wildman–Crippen LogP) is 9.76. The van der Waals surface area contributed by atoms with E-state index in [1.54, 1.807) is 0 Å². The summed E-state index contributed by atoms with van der Waals surface area (Å²) in [6.07, 6.45) is 0. The highest BCUT2D eigenvalue weighted by atomic mass is 35.8. The summed E-state index contributed by atoms with van der Waals surface area (Å²) in [6, 6.07) is 37.2. The number of hydrogen-bond donors (Lipinski definition) is 0. The molecular formula is C30H26Cl3Si2. The number of fused-ring (bicyclic) bond motifs is 6. The van der Waals surface area contributed by atoms with Gasteiger partial charge in [-0.25, -0.2) is 0 Å². The van der Waals surface area contributed by atoms with Crippen molar-refractivity contribution in [3.05, 3.63) is 119 Å². The van der Waals surface area contributed by atoms with Gasteiger partial charge in [0.25, 0.3) is 0 Å². The molecule has 5 heteroatoms. The minimum atomic E-state index is -2.68. The molecule has 4 aromatic rings. The van der Waals surface area contributed by atoms with Crippen LogP contribution in [0.4, 0.5) is 0 Å². The van der Waals surface area contributed by atoms with Crippen molar-refractivity contribution in [1.29, 1.82) is 0 Å². The van der Waals surface area contributed by atoms with Crippen molar-refractivity contribution >= 4 is 48.0 Å². The van der Waals surface area contributed by atoms with E-state index in [0.717, 1.165) is 12.1 Å². The molecule has 0 N–H and O–H groups in total. The minimum absolute atomic E-state index is 0.431. The maximum absolute atomic E-state index is 6.42. The molecule has 0 fully saturated rings. The molecule has 0 nitrogen and oxygen atoms in total. The Morgan fingerprint density at radius 3 is 1.14 bits per heavy atom. The van der Waals surface area contributed by atoms with Crippen molar-refractivity contribution in [1.82, 2.24) is 0 Å². The molecule has 4 aromatic carbocycles. The summed E-state index contributed by atoms with van der Waals surface area (Å²) in [4.78, 5) is 0. The van der Waals surface area contributed by atoms with Gasteiger partial charge >= 0.3 is 6.00 Å². The van der Waals surface area contributed by atoms with E-state index in [1.165, 1.54) is 56.6 Å². The Morgan fingerprint density at radius 2 is 0.829 bits per heavy atom. The van der Waals surface area contributed by atoms with Gasteiger partial charge in [0.2, 0.25) is 0 Å². The van der Waals surface area contributed by atoms with Gasteiger partial charge in [0.05, 0.1) is 0 Å². The fourth-order valence-electron chi connectivity index (χ4n) is 6.14. The molecule has 6 rings (SSSR count). The molecule has 0 bridgehead atoms. The van der Waals surface area contributed by atoms with Crippen molar-refractivity contribution < 1.29 is 0 Å². The summed E-state index contributed by atoms with van der Waals surface area (Å²) in [5.41, 5.74) is 11.4. The van der Waals surface area contributed by atoms with Crippen molar-refractivity contribution in [2.75, 3.05) is 0 Å². The van der Waals surface area contributed by atoms with Gasteiger partial charge in [0, 0.05) is 20.6 Å². The van der Waals surface area contributed by atoms with Crippen LogP contribution in [0.1, 0.15) is 34.1 Å². The van der Waals surface area contributed by atoms with Gasteiger partial charge in [-0.3, -0.25) is 0 Å². The molecule has 2 aliphatic rings. The summed E-state index contributed by atoms with van der Waals surface area (Å²) in [5.74, 6) is 0.862. The number of halogens is 3. The molecule has 35 heavy (non-hydrogen) atoms. The standard InChI is InChI=1S/C30H26Cl3Si2/c31-35(32,33)18-17-34(19-29-25-13-5-1-9-21(25)22-10-2-6-14-26(22)29)20-30-27-15-7-3-11-23(27)24-12-4-8-16-28(24)30/h1-16,29-30H,17-20H2. The normalized spacial score (nSPS) is 14.6. The average molecular weight is 549 g/mol. The molecule has 0 atom stereocenters. The zero-order valence-corrected chi connectivity index (χ0v) is 23.6. The van der Waals surface area contributed by atoms with Crippen LogP contribution >= 0.6 is 33.2 Å².